The third-order valence-corrected chi connectivity index (χ3v) is 3.42. The summed E-state index contributed by atoms with van der Waals surface area (Å²) in [6.45, 7) is 10.7. The van der Waals surface area contributed by atoms with Crippen LogP contribution in [0.1, 0.15) is 53.9 Å². The highest BCUT2D eigenvalue weighted by atomic mass is 16.2. The molecule has 1 heterocycles. The summed E-state index contributed by atoms with van der Waals surface area (Å²) in [7, 11) is 1.88. The summed E-state index contributed by atoms with van der Waals surface area (Å²) in [5.74, 6) is 0.248. The van der Waals surface area contributed by atoms with Crippen LogP contribution in [0.15, 0.2) is 0 Å². The number of hydrogen-bond acceptors (Lipinski definition) is 2. The first-order chi connectivity index (χ1) is 7.20. The molecule has 0 aromatic rings. The van der Waals surface area contributed by atoms with Crippen LogP contribution < -0.4 is 5.32 Å². The Kier molecular flexibility index (Phi) is 3.68. The Morgan fingerprint density at radius 3 is 2.38 bits per heavy atom. The topological polar surface area (TPSA) is 32.3 Å². The summed E-state index contributed by atoms with van der Waals surface area (Å²) in [6.07, 6.45) is 3.14. The SMILES string of the molecule is CNC1CCCC(C)(C)N(C(C)(C)C)C1=O. The maximum atomic E-state index is 12.5. The van der Waals surface area contributed by atoms with E-state index in [0.717, 1.165) is 19.3 Å². The molecule has 16 heavy (non-hydrogen) atoms. The van der Waals surface area contributed by atoms with Crippen molar-refractivity contribution >= 4 is 5.91 Å². The highest BCUT2D eigenvalue weighted by Crippen LogP contribution is 2.33. The molecular formula is C13H26N2O. The third-order valence-electron chi connectivity index (χ3n) is 3.42. The molecule has 1 amide bonds. The van der Waals surface area contributed by atoms with Crippen molar-refractivity contribution in [2.24, 2.45) is 0 Å². The molecule has 1 atom stereocenters. The Hall–Kier alpha value is -0.570. The zero-order chi connectivity index (χ0) is 12.6. The van der Waals surface area contributed by atoms with Crippen molar-refractivity contribution in [3.8, 4) is 0 Å². The minimum absolute atomic E-state index is 0.0130. The van der Waals surface area contributed by atoms with Crippen LogP contribution in [-0.4, -0.2) is 35.0 Å². The van der Waals surface area contributed by atoms with E-state index < -0.39 is 0 Å². The molecule has 1 N–H and O–H groups in total. The van der Waals surface area contributed by atoms with Crippen molar-refractivity contribution < 1.29 is 4.79 Å². The van der Waals surface area contributed by atoms with Gasteiger partial charge in [-0.25, -0.2) is 0 Å². The molecule has 1 fully saturated rings. The number of likely N-dealkylation sites (N-methyl/N-ethyl adjacent to an activating group) is 1. The Morgan fingerprint density at radius 1 is 1.38 bits per heavy atom. The lowest BCUT2D eigenvalue weighted by Crippen LogP contribution is -2.59. The van der Waals surface area contributed by atoms with E-state index in [1.54, 1.807) is 0 Å². The van der Waals surface area contributed by atoms with Gasteiger partial charge in [0, 0.05) is 11.1 Å². The van der Waals surface area contributed by atoms with Gasteiger partial charge in [-0.2, -0.15) is 0 Å². The molecular weight excluding hydrogens is 200 g/mol. The van der Waals surface area contributed by atoms with Gasteiger partial charge in [0.15, 0.2) is 0 Å². The van der Waals surface area contributed by atoms with Crippen molar-refractivity contribution in [1.29, 1.82) is 0 Å². The smallest absolute Gasteiger partial charge is 0.240 e. The first-order valence-electron chi connectivity index (χ1n) is 6.21. The van der Waals surface area contributed by atoms with Gasteiger partial charge in [-0.3, -0.25) is 4.79 Å². The predicted molar refractivity (Wildman–Crippen MR) is 67.4 cm³/mol. The fourth-order valence-corrected chi connectivity index (χ4v) is 2.93. The van der Waals surface area contributed by atoms with E-state index in [1.807, 2.05) is 7.05 Å². The molecule has 1 aliphatic rings. The molecule has 0 radical (unpaired) electrons. The van der Waals surface area contributed by atoms with Crippen molar-refractivity contribution in [3.05, 3.63) is 0 Å². The highest BCUT2D eigenvalue weighted by molar-refractivity contribution is 5.83. The summed E-state index contributed by atoms with van der Waals surface area (Å²) in [6, 6.07) is -0.0130. The van der Waals surface area contributed by atoms with Crippen LogP contribution in [0, 0.1) is 0 Å². The molecule has 1 saturated heterocycles. The maximum Gasteiger partial charge on any atom is 0.240 e. The molecule has 0 aromatic carbocycles. The molecule has 1 rings (SSSR count). The molecule has 3 heteroatoms. The van der Waals surface area contributed by atoms with Gasteiger partial charge in [0.2, 0.25) is 5.91 Å². The first-order valence-corrected chi connectivity index (χ1v) is 6.21. The second kappa shape index (κ2) is 4.36. The molecule has 1 aliphatic heterocycles. The van der Waals surface area contributed by atoms with Crippen LogP contribution in [0.4, 0.5) is 0 Å². The first kappa shape index (κ1) is 13.5. The van der Waals surface area contributed by atoms with Gasteiger partial charge >= 0.3 is 0 Å². The number of rotatable bonds is 1. The minimum atomic E-state index is -0.111. The second-order valence-corrected chi connectivity index (χ2v) is 6.39. The standard InChI is InChI=1S/C13H26N2O/c1-12(2,3)15-11(16)10(14-6)8-7-9-13(15,4)5/h10,14H,7-9H2,1-6H3. The number of carbonyl (C=O) groups is 1. The van der Waals surface area contributed by atoms with Crippen molar-refractivity contribution in [2.75, 3.05) is 7.05 Å². The number of likely N-dealkylation sites (tertiary alicyclic amines) is 1. The molecule has 0 aromatic heterocycles. The molecule has 1 unspecified atom stereocenters. The van der Waals surface area contributed by atoms with Crippen molar-refractivity contribution in [3.63, 3.8) is 0 Å². The molecule has 0 spiro atoms. The Bertz CT molecular complexity index is 266. The van der Waals surface area contributed by atoms with Gasteiger partial charge in [0.1, 0.15) is 0 Å². The molecule has 94 valence electrons. The molecule has 0 saturated carbocycles. The molecule has 0 aliphatic carbocycles. The van der Waals surface area contributed by atoms with Crippen LogP contribution in [0.25, 0.3) is 0 Å². The molecule has 3 nitrogen and oxygen atoms in total. The number of nitrogens with zero attached hydrogens (tertiary/aromatic N) is 1. The van der Waals surface area contributed by atoms with Crippen LogP contribution in [0.3, 0.4) is 0 Å². The summed E-state index contributed by atoms with van der Waals surface area (Å²) >= 11 is 0. The summed E-state index contributed by atoms with van der Waals surface area (Å²) in [5.41, 5.74) is -0.152. The average molecular weight is 226 g/mol. The van der Waals surface area contributed by atoms with E-state index in [0.29, 0.717) is 0 Å². The van der Waals surface area contributed by atoms with Gasteiger partial charge in [-0.15, -0.1) is 0 Å². The van der Waals surface area contributed by atoms with Crippen LogP contribution in [0.5, 0.6) is 0 Å². The summed E-state index contributed by atoms with van der Waals surface area (Å²) < 4.78 is 0. The van der Waals surface area contributed by atoms with E-state index in [1.165, 1.54) is 0 Å². The van der Waals surface area contributed by atoms with E-state index in [4.69, 9.17) is 0 Å². The number of hydrogen-bond donors (Lipinski definition) is 1. The van der Waals surface area contributed by atoms with Gasteiger partial charge in [0.05, 0.1) is 6.04 Å². The quantitative estimate of drug-likeness (QED) is 0.743. The van der Waals surface area contributed by atoms with Crippen LogP contribution >= 0.6 is 0 Å². The van der Waals surface area contributed by atoms with Gasteiger partial charge in [0.25, 0.3) is 0 Å². The summed E-state index contributed by atoms with van der Waals surface area (Å²) in [5, 5.41) is 3.14. The normalized spacial score (nSPS) is 26.8. The number of amides is 1. The van der Waals surface area contributed by atoms with Gasteiger partial charge in [-0.05, 0) is 60.9 Å². The second-order valence-electron chi connectivity index (χ2n) is 6.39. The molecule has 0 bridgehead atoms. The van der Waals surface area contributed by atoms with E-state index >= 15 is 0 Å². The maximum absolute atomic E-state index is 12.5. The largest absolute Gasteiger partial charge is 0.331 e. The average Bonchev–Trinajstić information content (AvgIpc) is 2.19. The minimum Gasteiger partial charge on any atom is -0.331 e. The van der Waals surface area contributed by atoms with Crippen molar-refractivity contribution in [2.45, 2.75) is 71.0 Å². The van der Waals surface area contributed by atoms with E-state index in [2.05, 4.69) is 44.8 Å². The van der Waals surface area contributed by atoms with E-state index in [-0.39, 0.29) is 23.0 Å². The van der Waals surface area contributed by atoms with Gasteiger partial charge < -0.3 is 10.2 Å². The van der Waals surface area contributed by atoms with Crippen LogP contribution in [0.2, 0.25) is 0 Å². The van der Waals surface area contributed by atoms with Gasteiger partial charge in [-0.1, -0.05) is 0 Å². The Labute approximate surface area is 99.6 Å². The lowest BCUT2D eigenvalue weighted by Gasteiger charge is -2.47. The number of carbonyl (C=O) groups excluding carboxylic acids is 1. The van der Waals surface area contributed by atoms with Crippen LogP contribution in [-0.2, 0) is 4.79 Å². The Balaban J connectivity index is 3.08. The van der Waals surface area contributed by atoms with Crippen molar-refractivity contribution in [1.82, 2.24) is 10.2 Å². The monoisotopic (exact) mass is 226 g/mol. The lowest BCUT2D eigenvalue weighted by atomic mass is 9.91. The highest BCUT2D eigenvalue weighted by Gasteiger charge is 2.42. The summed E-state index contributed by atoms with van der Waals surface area (Å²) in [4.78, 5) is 14.6. The third kappa shape index (κ3) is 2.57. The zero-order valence-electron chi connectivity index (χ0n) is 11.6. The fourth-order valence-electron chi connectivity index (χ4n) is 2.93. The zero-order valence-corrected chi connectivity index (χ0v) is 11.6. The Morgan fingerprint density at radius 2 is 1.94 bits per heavy atom. The van der Waals surface area contributed by atoms with E-state index in [9.17, 15) is 4.79 Å². The number of nitrogens with one attached hydrogen (secondary N) is 1. The fraction of sp³-hybridized carbons (Fsp3) is 0.923. The predicted octanol–water partition coefficient (Wildman–Crippen LogP) is 2.16. The lowest BCUT2D eigenvalue weighted by molar-refractivity contribution is -0.144.